The predicted molar refractivity (Wildman–Crippen MR) is 90.4 cm³/mol. The molecule has 0 aromatic heterocycles. The minimum Gasteiger partial charge on any atom is -0.494 e. The SMILES string of the molecule is CCOc1ccc(/C(C)=N/NC(=O)c2ccc([N+](=O)[O-])cc2)cc1. The van der Waals surface area contributed by atoms with E-state index in [-0.39, 0.29) is 5.69 Å². The lowest BCUT2D eigenvalue weighted by molar-refractivity contribution is -0.384. The van der Waals surface area contributed by atoms with Crippen molar-refractivity contribution in [3.63, 3.8) is 0 Å². The topological polar surface area (TPSA) is 93.8 Å². The summed E-state index contributed by atoms with van der Waals surface area (Å²) < 4.78 is 5.37. The Kier molecular flexibility index (Phi) is 5.62. The summed E-state index contributed by atoms with van der Waals surface area (Å²) in [5.74, 6) is 0.333. The van der Waals surface area contributed by atoms with Crippen LogP contribution in [0, 0.1) is 10.1 Å². The zero-order valence-corrected chi connectivity index (χ0v) is 13.4. The standard InChI is InChI=1S/C17H17N3O4/c1-3-24-16-10-6-13(7-11-16)12(2)18-19-17(21)14-4-8-15(9-5-14)20(22)23/h4-11H,3H2,1-2H3,(H,19,21)/b18-12+. The molecule has 0 heterocycles. The Balaban J connectivity index is 2.02. The first-order valence-electron chi connectivity index (χ1n) is 7.33. The number of nitro benzene ring substituents is 1. The molecule has 0 unspecified atom stereocenters. The molecule has 0 aliphatic rings. The molecule has 0 bridgehead atoms. The normalized spacial score (nSPS) is 11.0. The summed E-state index contributed by atoms with van der Waals surface area (Å²) in [5.41, 5.74) is 4.14. The molecule has 0 fully saturated rings. The van der Waals surface area contributed by atoms with Crippen molar-refractivity contribution in [2.24, 2.45) is 5.10 Å². The van der Waals surface area contributed by atoms with Crippen molar-refractivity contribution < 1.29 is 14.5 Å². The lowest BCUT2D eigenvalue weighted by Crippen LogP contribution is -2.19. The lowest BCUT2D eigenvalue weighted by atomic mass is 10.1. The van der Waals surface area contributed by atoms with Gasteiger partial charge in [-0.15, -0.1) is 0 Å². The maximum Gasteiger partial charge on any atom is 0.271 e. The summed E-state index contributed by atoms with van der Waals surface area (Å²) in [6.45, 7) is 4.28. The molecule has 0 aliphatic heterocycles. The van der Waals surface area contributed by atoms with Gasteiger partial charge in [0, 0.05) is 17.7 Å². The first kappa shape index (κ1) is 17.1. The molecule has 0 saturated carbocycles. The molecule has 124 valence electrons. The van der Waals surface area contributed by atoms with E-state index < -0.39 is 10.8 Å². The summed E-state index contributed by atoms with van der Waals surface area (Å²) in [4.78, 5) is 22.1. The van der Waals surface area contributed by atoms with Crippen LogP contribution in [0.3, 0.4) is 0 Å². The minimum atomic E-state index is -0.518. The van der Waals surface area contributed by atoms with Crippen molar-refractivity contribution in [2.45, 2.75) is 13.8 Å². The molecule has 0 radical (unpaired) electrons. The highest BCUT2D eigenvalue weighted by molar-refractivity contribution is 6.00. The van der Waals surface area contributed by atoms with Crippen LogP contribution in [0.2, 0.25) is 0 Å². The van der Waals surface area contributed by atoms with Gasteiger partial charge in [-0.2, -0.15) is 5.10 Å². The molecule has 7 heteroatoms. The molecular formula is C17H17N3O4. The molecule has 1 amide bonds. The molecule has 0 spiro atoms. The van der Waals surface area contributed by atoms with Gasteiger partial charge < -0.3 is 4.74 Å². The molecule has 2 aromatic rings. The van der Waals surface area contributed by atoms with Gasteiger partial charge in [0.1, 0.15) is 5.75 Å². The Morgan fingerprint density at radius 2 is 1.71 bits per heavy atom. The number of carbonyl (C=O) groups excluding carboxylic acids is 1. The van der Waals surface area contributed by atoms with E-state index in [0.717, 1.165) is 11.3 Å². The van der Waals surface area contributed by atoms with Crippen LogP contribution in [0.4, 0.5) is 5.69 Å². The lowest BCUT2D eigenvalue weighted by Gasteiger charge is -2.05. The van der Waals surface area contributed by atoms with Gasteiger partial charge in [-0.25, -0.2) is 5.43 Å². The van der Waals surface area contributed by atoms with E-state index in [4.69, 9.17) is 4.74 Å². The summed E-state index contributed by atoms with van der Waals surface area (Å²) in [6.07, 6.45) is 0. The monoisotopic (exact) mass is 327 g/mol. The van der Waals surface area contributed by atoms with Gasteiger partial charge >= 0.3 is 0 Å². The minimum absolute atomic E-state index is 0.0689. The van der Waals surface area contributed by atoms with Gasteiger partial charge in [0.2, 0.25) is 0 Å². The second-order valence-electron chi connectivity index (χ2n) is 4.90. The second-order valence-corrected chi connectivity index (χ2v) is 4.90. The van der Waals surface area contributed by atoms with Crippen molar-refractivity contribution >= 4 is 17.3 Å². The van der Waals surface area contributed by atoms with Crippen LogP contribution in [0.25, 0.3) is 0 Å². The fraction of sp³-hybridized carbons (Fsp3) is 0.176. The van der Waals surface area contributed by atoms with Crippen LogP contribution in [-0.4, -0.2) is 23.1 Å². The number of amides is 1. The Labute approximate surface area is 139 Å². The number of nitrogens with zero attached hydrogens (tertiary/aromatic N) is 2. The Morgan fingerprint density at radius 3 is 2.25 bits per heavy atom. The average molecular weight is 327 g/mol. The quantitative estimate of drug-likeness (QED) is 0.501. The summed E-state index contributed by atoms with van der Waals surface area (Å²) in [6, 6.07) is 12.7. The van der Waals surface area contributed by atoms with Crippen molar-refractivity contribution in [1.29, 1.82) is 0 Å². The largest absolute Gasteiger partial charge is 0.494 e. The second kappa shape index (κ2) is 7.87. The molecule has 2 rings (SSSR count). The van der Waals surface area contributed by atoms with Gasteiger partial charge in [-0.1, -0.05) is 0 Å². The molecule has 24 heavy (non-hydrogen) atoms. The Morgan fingerprint density at radius 1 is 1.12 bits per heavy atom. The van der Waals surface area contributed by atoms with Crippen molar-refractivity contribution in [3.8, 4) is 5.75 Å². The van der Waals surface area contributed by atoms with Crippen molar-refractivity contribution in [1.82, 2.24) is 5.43 Å². The zero-order chi connectivity index (χ0) is 17.5. The molecule has 0 saturated heterocycles. The fourth-order valence-corrected chi connectivity index (χ4v) is 1.96. The van der Waals surface area contributed by atoms with Gasteiger partial charge in [0.15, 0.2) is 0 Å². The van der Waals surface area contributed by atoms with E-state index in [1.54, 1.807) is 6.92 Å². The van der Waals surface area contributed by atoms with E-state index in [1.165, 1.54) is 24.3 Å². The van der Waals surface area contributed by atoms with Gasteiger partial charge in [-0.3, -0.25) is 14.9 Å². The first-order valence-corrected chi connectivity index (χ1v) is 7.33. The van der Waals surface area contributed by atoms with Crippen LogP contribution < -0.4 is 10.2 Å². The van der Waals surface area contributed by atoms with Gasteiger partial charge in [-0.05, 0) is 55.8 Å². The third-order valence-electron chi connectivity index (χ3n) is 3.25. The van der Waals surface area contributed by atoms with Crippen molar-refractivity contribution in [3.05, 3.63) is 69.8 Å². The predicted octanol–water partition coefficient (Wildman–Crippen LogP) is 3.15. The highest BCUT2D eigenvalue weighted by atomic mass is 16.6. The van der Waals surface area contributed by atoms with E-state index in [0.29, 0.717) is 17.9 Å². The third-order valence-corrected chi connectivity index (χ3v) is 3.25. The summed E-state index contributed by atoms with van der Waals surface area (Å²) in [7, 11) is 0. The van der Waals surface area contributed by atoms with Crippen LogP contribution in [0.5, 0.6) is 5.75 Å². The van der Waals surface area contributed by atoms with E-state index in [9.17, 15) is 14.9 Å². The molecule has 0 aliphatic carbocycles. The van der Waals surface area contributed by atoms with Crippen molar-refractivity contribution in [2.75, 3.05) is 6.61 Å². The Bertz CT molecular complexity index is 752. The highest BCUT2D eigenvalue weighted by Crippen LogP contribution is 2.13. The first-order chi connectivity index (χ1) is 11.5. The number of hydrogen-bond acceptors (Lipinski definition) is 5. The summed E-state index contributed by atoms with van der Waals surface area (Å²) in [5, 5.41) is 14.6. The number of hydrazone groups is 1. The van der Waals surface area contributed by atoms with Crippen LogP contribution >= 0.6 is 0 Å². The molecular weight excluding hydrogens is 310 g/mol. The number of non-ortho nitro benzene ring substituents is 1. The fourth-order valence-electron chi connectivity index (χ4n) is 1.96. The number of ether oxygens (including phenoxy) is 1. The number of benzene rings is 2. The summed E-state index contributed by atoms with van der Waals surface area (Å²) >= 11 is 0. The number of nitrogens with one attached hydrogen (secondary N) is 1. The maximum atomic E-state index is 12.0. The highest BCUT2D eigenvalue weighted by Gasteiger charge is 2.09. The van der Waals surface area contributed by atoms with E-state index in [1.807, 2.05) is 31.2 Å². The Hall–Kier alpha value is -3.22. The zero-order valence-electron chi connectivity index (χ0n) is 13.4. The molecule has 1 N–H and O–H groups in total. The van der Waals surface area contributed by atoms with E-state index in [2.05, 4.69) is 10.5 Å². The smallest absolute Gasteiger partial charge is 0.271 e. The van der Waals surface area contributed by atoms with Crippen LogP contribution in [-0.2, 0) is 0 Å². The van der Waals surface area contributed by atoms with E-state index >= 15 is 0 Å². The maximum absolute atomic E-state index is 12.0. The van der Waals surface area contributed by atoms with Gasteiger partial charge in [0.25, 0.3) is 11.6 Å². The van der Waals surface area contributed by atoms with Crippen LogP contribution in [0.15, 0.2) is 53.6 Å². The number of hydrogen-bond donors (Lipinski definition) is 1. The van der Waals surface area contributed by atoms with Gasteiger partial charge in [0.05, 0.1) is 17.2 Å². The number of nitro groups is 1. The molecule has 0 atom stereocenters. The number of carbonyl (C=O) groups is 1. The molecule has 7 nitrogen and oxygen atoms in total. The number of rotatable bonds is 6. The third kappa shape index (κ3) is 4.39. The average Bonchev–Trinajstić information content (AvgIpc) is 2.60. The molecule has 2 aromatic carbocycles. The van der Waals surface area contributed by atoms with Crippen LogP contribution in [0.1, 0.15) is 29.8 Å².